The maximum absolute atomic E-state index is 12.5. The number of carbonyl (C=O) groups is 1. The third-order valence-electron chi connectivity index (χ3n) is 6.42. The van der Waals surface area contributed by atoms with E-state index in [2.05, 4.69) is 31.5 Å². The van der Waals surface area contributed by atoms with E-state index < -0.39 is 0 Å². The van der Waals surface area contributed by atoms with E-state index in [-0.39, 0.29) is 11.3 Å². The highest BCUT2D eigenvalue weighted by Gasteiger charge is 2.40. The van der Waals surface area contributed by atoms with Crippen molar-refractivity contribution >= 4 is 5.91 Å². The first-order valence-electron chi connectivity index (χ1n) is 10.3. The van der Waals surface area contributed by atoms with Crippen molar-refractivity contribution in [3.8, 4) is 0 Å². The van der Waals surface area contributed by atoms with Gasteiger partial charge in [-0.25, -0.2) is 4.98 Å². The van der Waals surface area contributed by atoms with Crippen LogP contribution in [0.4, 0.5) is 0 Å². The Kier molecular flexibility index (Phi) is 5.44. The van der Waals surface area contributed by atoms with E-state index in [0.29, 0.717) is 13.0 Å². The van der Waals surface area contributed by atoms with Crippen molar-refractivity contribution in [1.29, 1.82) is 0 Å². The van der Waals surface area contributed by atoms with Gasteiger partial charge in [0, 0.05) is 51.6 Å². The Balaban J connectivity index is 1.32. The quantitative estimate of drug-likeness (QED) is 0.791. The summed E-state index contributed by atoms with van der Waals surface area (Å²) in [6, 6.07) is 0. The number of carbonyl (C=O) groups excluding carboxylic acids is 1. The molecule has 2 saturated heterocycles. The van der Waals surface area contributed by atoms with Gasteiger partial charge in [-0.3, -0.25) is 14.8 Å². The van der Waals surface area contributed by atoms with Crippen LogP contribution in [0.15, 0.2) is 24.8 Å². The standard InChI is InChI=1S/C21H30N6O/c1-17-13-24-18(14-23-17)15-27-16-21(5-3-20(27)28)6-10-26(11-7-21)9-4-19-22-8-12-25(19)2/h8,12-14H,3-7,9-11,15-16H2,1-2H3. The number of piperidine rings is 2. The van der Waals surface area contributed by atoms with Crippen LogP contribution in [0.3, 0.4) is 0 Å². The summed E-state index contributed by atoms with van der Waals surface area (Å²) in [6.07, 6.45) is 12.5. The van der Waals surface area contributed by atoms with E-state index in [4.69, 9.17) is 0 Å². The zero-order valence-electron chi connectivity index (χ0n) is 17.0. The second-order valence-corrected chi connectivity index (χ2v) is 8.44. The Hall–Kier alpha value is -2.28. The molecule has 1 amide bonds. The molecule has 7 heteroatoms. The van der Waals surface area contributed by atoms with Gasteiger partial charge in [-0.05, 0) is 44.7 Å². The fourth-order valence-electron chi connectivity index (χ4n) is 4.50. The molecule has 0 bridgehead atoms. The van der Waals surface area contributed by atoms with Gasteiger partial charge in [-0.15, -0.1) is 0 Å². The molecular formula is C21H30N6O. The van der Waals surface area contributed by atoms with E-state index in [1.807, 2.05) is 24.2 Å². The minimum Gasteiger partial charge on any atom is -0.338 e. The van der Waals surface area contributed by atoms with Gasteiger partial charge in [-0.2, -0.15) is 0 Å². The second kappa shape index (κ2) is 7.99. The second-order valence-electron chi connectivity index (χ2n) is 8.44. The fraction of sp³-hybridized carbons (Fsp3) is 0.619. The first kappa shape index (κ1) is 19.1. The molecule has 28 heavy (non-hydrogen) atoms. The minimum atomic E-state index is 0.255. The van der Waals surface area contributed by atoms with E-state index >= 15 is 0 Å². The monoisotopic (exact) mass is 382 g/mol. The van der Waals surface area contributed by atoms with Gasteiger partial charge < -0.3 is 14.4 Å². The molecule has 0 unspecified atom stereocenters. The summed E-state index contributed by atoms with van der Waals surface area (Å²) in [6.45, 7) is 6.64. The maximum atomic E-state index is 12.5. The molecule has 7 nitrogen and oxygen atoms in total. The van der Waals surface area contributed by atoms with Crippen LogP contribution in [-0.2, 0) is 24.8 Å². The normalized spacial score (nSPS) is 20.1. The van der Waals surface area contributed by atoms with Gasteiger partial charge in [0.1, 0.15) is 5.82 Å². The molecule has 2 fully saturated rings. The third-order valence-corrected chi connectivity index (χ3v) is 6.42. The Morgan fingerprint density at radius 3 is 2.61 bits per heavy atom. The molecule has 0 atom stereocenters. The molecular weight excluding hydrogens is 352 g/mol. The van der Waals surface area contributed by atoms with Crippen LogP contribution < -0.4 is 0 Å². The Morgan fingerprint density at radius 1 is 1.11 bits per heavy atom. The van der Waals surface area contributed by atoms with Gasteiger partial charge in [0.05, 0.1) is 24.1 Å². The number of hydrogen-bond donors (Lipinski definition) is 0. The highest BCUT2D eigenvalue weighted by Crippen LogP contribution is 2.40. The number of amides is 1. The summed E-state index contributed by atoms with van der Waals surface area (Å²) < 4.78 is 2.10. The van der Waals surface area contributed by atoms with Crippen LogP contribution in [0.25, 0.3) is 0 Å². The van der Waals surface area contributed by atoms with Crippen LogP contribution in [0.1, 0.15) is 42.9 Å². The predicted molar refractivity (Wildman–Crippen MR) is 106 cm³/mol. The number of nitrogens with zero attached hydrogens (tertiary/aromatic N) is 6. The van der Waals surface area contributed by atoms with Gasteiger partial charge in [0.25, 0.3) is 0 Å². The lowest BCUT2D eigenvalue weighted by Crippen LogP contribution is -2.51. The lowest BCUT2D eigenvalue weighted by atomic mass is 9.72. The molecule has 0 N–H and O–H groups in total. The molecule has 0 aromatic carbocycles. The average molecular weight is 383 g/mol. The molecule has 4 heterocycles. The van der Waals surface area contributed by atoms with E-state index in [1.54, 1.807) is 12.4 Å². The highest BCUT2D eigenvalue weighted by atomic mass is 16.2. The smallest absolute Gasteiger partial charge is 0.222 e. The molecule has 2 aliphatic rings. The Labute approximate surface area is 166 Å². The third kappa shape index (κ3) is 4.24. The molecule has 4 rings (SSSR count). The first-order valence-corrected chi connectivity index (χ1v) is 10.3. The lowest BCUT2D eigenvalue weighted by molar-refractivity contribution is -0.140. The highest BCUT2D eigenvalue weighted by molar-refractivity contribution is 5.77. The average Bonchev–Trinajstić information content (AvgIpc) is 3.11. The van der Waals surface area contributed by atoms with Crippen molar-refractivity contribution in [2.75, 3.05) is 26.2 Å². The summed E-state index contributed by atoms with van der Waals surface area (Å²) in [5.41, 5.74) is 2.05. The lowest BCUT2D eigenvalue weighted by Gasteiger charge is -2.47. The van der Waals surface area contributed by atoms with Gasteiger partial charge in [-0.1, -0.05) is 0 Å². The molecule has 2 aliphatic heterocycles. The summed E-state index contributed by atoms with van der Waals surface area (Å²) in [7, 11) is 2.06. The van der Waals surface area contributed by atoms with Crippen LogP contribution in [0, 0.1) is 12.3 Å². The van der Waals surface area contributed by atoms with Crippen molar-refractivity contribution in [2.45, 2.75) is 45.6 Å². The van der Waals surface area contributed by atoms with E-state index in [0.717, 1.165) is 69.1 Å². The number of aryl methyl sites for hydroxylation is 2. The van der Waals surface area contributed by atoms with Crippen molar-refractivity contribution in [3.05, 3.63) is 42.0 Å². The van der Waals surface area contributed by atoms with E-state index in [9.17, 15) is 4.79 Å². The molecule has 0 radical (unpaired) electrons. The largest absolute Gasteiger partial charge is 0.338 e. The molecule has 150 valence electrons. The Bertz CT molecular complexity index is 807. The van der Waals surface area contributed by atoms with Crippen molar-refractivity contribution < 1.29 is 4.79 Å². The number of hydrogen-bond acceptors (Lipinski definition) is 5. The summed E-state index contributed by atoms with van der Waals surface area (Å²) in [5, 5.41) is 0. The van der Waals surface area contributed by atoms with Gasteiger partial charge >= 0.3 is 0 Å². The van der Waals surface area contributed by atoms with Crippen molar-refractivity contribution in [1.82, 2.24) is 29.3 Å². The molecule has 0 saturated carbocycles. The molecule has 2 aromatic rings. The summed E-state index contributed by atoms with van der Waals surface area (Å²) in [4.78, 5) is 30.2. The van der Waals surface area contributed by atoms with Crippen LogP contribution in [0.5, 0.6) is 0 Å². The van der Waals surface area contributed by atoms with Crippen molar-refractivity contribution in [3.63, 3.8) is 0 Å². The minimum absolute atomic E-state index is 0.255. The SMILES string of the molecule is Cc1cnc(CN2CC3(CCC2=O)CCN(CCc2nccn2C)CC3)cn1. The number of imidazole rings is 1. The Morgan fingerprint density at radius 2 is 1.93 bits per heavy atom. The molecule has 0 aliphatic carbocycles. The first-order chi connectivity index (χ1) is 13.5. The van der Waals surface area contributed by atoms with Crippen LogP contribution in [0.2, 0.25) is 0 Å². The van der Waals surface area contributed by atoms with Crippen LogP contribution in [-0.4, -0.2) is 61.4 Å². The number of rotatable bonds is 5. The number of likely N-dealkylation sites (tertiary alicyclic amines) is 2. The van der Waals surface area contributed by atoms with E-state index in [1.165, 1.54) is 0 Å². The predicted octanol–water partition coefficient (Wildman–Crippen LogP) is 1.97. The zero-order valence-corrected chi connectivity index (χ0v) is 17.0. The van der Waals surface area contributed by atoms with Gasteiger partial charge in [0.15, 0.2) is 0 Å². The fourth-order valence-corrected chi connectivity index (χ4v) is 4.50. The van der Waals surface area contributed by atoms with Gasteiger partial charge in [0.2, 0.25) is 5.91 Å². The number of aromatic nitrogens is 4. The molecule has 1 spiro atoms. The zero-order chi connectivity index (χ0) is 19.6. The summed E-state index contributed by atoms with van der Waals surface area (Å²) >= 11 is 0. The van der Waals surface area contributed by atoms with Crippen LogP contribution >= 0.6 is 0 Å². The topological polar surface area (TPSA) is 67.2 Å². The molecule has 2 aromatic heterocycles. The summed E-state index contributed by atoms with van der Waals surface area (Å²) in [5.74, 6) is 1.40. The maximum Gasteiger partial charge on any atom is 0.222 e. The van der Waals surface area contributed by atoms with Crippen molar-refractivity contribution in [2.24, 2.45) is 12.5 Å².